The van der Waals surface area contributed by atoms with Crippen molar-refractivity contribution in [1.82, 2.24) is 0 Å². The van der Waals surface area contributed by atoms with Gasteiger partial charge in [-0.25, -0.2) is 8.42 Å². The number of sulfonamides is 1. The van der Waals surface area contributed by atoms with Gasteiger partial charge in [-0.1, -0.05) is 29.3 Å². The van der Waals surface area contributed by atoms with Gasteiger partial charge in [0.05, 0.1) is 22.0 Å². The number of benzene rings is 2. The molecule has 2 aromatic rings. The zero-order valence-corrected chi connectivity index (χ0v) is 14.9. The molecule has 0 aliphatic carbocycles. The predicted molar refractivity (Wildman–Crippen MR) is 95.5 cm³/mol. The Kier molecular flexibility index (Phi) is 5.93. The number of anilines is 2. The summed E-state index contributed by atoms with van der Waals surface area (Å²) in [6.45, 7) is -0.234. The molecular formula is C15H14Cl2N2O4S. The first kappa shape index (κ1) is 18.4. The van der Waals surface area contributed by atoms with Crippen LogP contribution in [-0.4, -0.2) is 27.2 Å². The summed E-state index contributed by atoms with van der Waals surface area (Å²) < 4.78 is 30.1. The summed E-state index contributed by atoms with van der Waals surface area (Å²) >= 11 is 11.7. The lowest BCUT2D eigenvalue weighted by atomic mass is 10.3. The molecule has 0 atom stereocenters. The average Bonchev–Trinajstić information content (AvgIpc) is 2.47. The standard InChI is InChI=1S/C15H14Cl2N2O4S/c1-24(21,22)19-11-4-2-3-10(7-11)18-15(20)9-23-12-5-6-13(16)14(17)8-12/h2-8,19H,9H2,1H3,(H,18,20). The first-order chi connectivity index (χ1) is 11.2. The number of ether oxygens (including phenoxy) is 1. The molecule has 2 aromatic carbocycles. The van der Waals surface area contributed by atoms with Crippen LogP contribution < -0.4 is 14.8 Å². The Labute approximate surface area is 149 Å². The van der Waals surface area contributed by atoms with Crippen LogP contribution in [0.2, 0.25) is 10.0 Å². The van der Waals surface area contributed by atoms with Gasteiger partial charge in [-0.05, 0) is 30.3 Å². The summed E-state index contributed by atoms with van der Waals surface area (Å²) in [5.41, 5.74) is 0.784. The lowest BCUT2D eigenvalue weighted by molar-refractivity contribution is -0.118. The molecule has 0 bridgehead atoms. The second-order valence-corrected chi connectivity index (χ2v) is 7.43. The maximum Gasteiger partial charge on any atom is 0.262 e. The molecule has 0 aliphatic rings. The van der Waals surface area contributed by atoms with E-state index < -0.39 is 15.9 Å². The highest BCUT2D eigenvalue weighted by Gasteiger charge is 2.07. The second kappa shape index (κ2) is 7.74. The van der Waals surface area contributed by atoms with Gasteiger partial charge in [-0.2, -0.15) is 0 Å². The third-order valence-electron chi connectivity index (χ3n) is 2.71. The molecule has 24 heavy (non-hydrogen) atoms. The number of hydrogen-bond donors (Lipinski definition) is 2. The summed E-state index contributed by atoms with van der Waals surface area (Å²) in [5.74, 6) is 0.00428. The van der Waals surface area contributed by atoms with Crippen LogP contribution in [0.4, 0.5) is 11.4 Å². The van der Waals surface area contributed by atoms with Crippen LogP contribution in [0, 0.1) is 0 Å². The van der Waals surface area contributed by atoms with Gasteiger partial charge in [-0.15, -0.1) is 0 Å². The third-order valence-corrected chi connectivity index (χ3v) is 4.06. The Morgan fingerprint density at radius 1 is 1.08 bits per heavy atom. The maximum atomic E-state index is 11.9. The van der Waals surface area contributed by atoms with Crippen LogP contribution in [0.25, 0.3) is 0 Å². The van der Waals surface area contributed by atoms with E-state index in [2.05, 4.69) is 10.0 Å². The fourth-order valence-electron chi connectivity index (χ4n) is 1.79. The van der Waals surface area contributed by atoms with Crippen molar-refractivity contribution in [3.63, 3.8) is 0 Å². The summed E-state index contributed by atoms with van der Waals surface area (Å²) in [6.07, 6.45) is 1.04. The highest BCUT2D eigenvalue weighted by Crippen LogP contribution is 2.26. The van der Waals surface area contributed by atoms with E-state index in [-0.39, 0.29) is 6.61 Å². The molecule has 2 rings (SSSR count). The normalized spacial score (nSPS) is 11.0. The number of carbonyl (C=O) groups excluding carboxylic acids is 1. The van der Waals surface area contributed by atoms with Gasteiger partial charge in [0.25, 0.3) is 5.91 Å². The number of nitrogens with one attached hydrogen (secondary N) is 2. The van der Waals surface area contributed by atoms with E-state index in [0.717, 1.165) is 6.26 Å². The molecule has 0 radical (unpaired) electrons. The zero-order valence-electron chi connectivity index (χ0n) is 12.5. The smallest absolute Gasteiger partial charge is 0.262 e. The molecule has 0 unspecified atom stereocenters. The van der Waals surface area contributed by atoms with Crippen molar-refractivity contribution in [2.75, 3.05) is 22.9 Å². The molecule has 128 valence electrons. The first-order valence-corrected chi connectivity index (χ1v) is 9.33. The summed E-state index contributed by atoms with van der Waals surface area (Å²) in [6, 6.07) is 11.0. The number of rotatable bonds is 6. The second-order valence-electron chi connectivity index (χ2n) is 4.87. The molecule has 0 heterocycles. The van der Waals surface area contributed by atoms with E-state index in [1.807, 2.05) is 0 Å². The largest absolute Gasteiger partial charge is 0.484 e. The number of halogens is 2. The maximum absolute atomic E-state index is 11.9. The Balaban J connectivity index is 1.94. The lowest BCUT2D eigenvalue weighted by Crippen LogP contribution is -2.20. The van der Waals surface area contributed by atoms with Crippen LogP contribution >= 0.6 is 23.2 Å². The lowest BCUT2D eigenvalue weighted by Gasteiger charge is -2.10. The topological polar surface area (TPSA) is 84.5 Å². The Morgan fingerprint density at radius 2 is 1.79 bits per heavy atom. The van der Waals surface area contributed by atoms with Crippen molar-refractivity contribution < 1.29 is 17.9 Å². The fraction of sp³-hybridized carbons (Fsp3) is 0.133. The molecular weight excluding hydrogens is 375 g/mol. The van der Waals surface area contributed by atoms with Crippen LogP contribution in [0.3, 0.4) is 0 Å². The minimum Gasteiger partial charge on any atom is -0.484 e. The van der Waals surface area contributed by atoms with Crippen LogP contribution in [-0.2, 0) is 14.8 Å². The molecule has 0 aliphatic heterocycles. The Hall–Kier alpha value is -1.96. The van der Waals surface area contributed by atoms with E-state index >= 15 is 0 Å². The first-order valence-electron chi connectivity index (χ1n) is 6.68. The highest BCUT2D eigenvalue weighted by molar-refractivity contribution is 7.92. The summed E-state index contributed by atoms with van der Waals surface area (Å²) in [4.78, 5) is 11.9. The molecule has 1 amide bonds. The molecule has 9 heteroatoms. The van der Waals surface area contributed by atoms with Crippen LogP contribution in [0.15, 0.2) is 42.5 Å². The van der Waals surface area contributed by atoms with Gasteiger partial charge in [0, 0.05) is 11.8 Å². The Morgan fingerprint density at radius 3 is 2.46 bits per heavy atom. The zero-order chi connectivity index (χ0) is 17.7. The quantitative estimate of drug-likeness (QED) is 0.793. The number of hydrogen-bond acceptors (Lipinski definition) is 4. The van der Waals surface area contributed by atoms with E-state index in [1.165, 1.54) is 12.1 Å². The molecule has 0 saturated heterocycles. The number of carbonyl (C=O) groups is 1. The summed E-state index contributed by atoms with van der Waals surface area (Å²) in [5, 5.41) is 3.33. The monoisotopic (exact) mass is 388 g/mol. The van der Waals surface area contributed by atoms with E-state index in [0.29, 0.717) is 27.2 Å². The number of amides is 1. The molecule has 6 nitrogen and oxygen atoms in total. The van der Waals surface area contributed by atoms with Crippen molar-refractivity contribution in [1.29, 1.82) is 0 Å². The van der Waals surface area contributed by atoms with Gasteiger partial charge in [-0.3, -0.25) is 9.52 Å². The molecule has 0 spiro atoms. The van der Waals surface area contributed by atoms with E-state index in [4.69, 9.17) is 27.9 Å². The fourth-order valence-corrected chi connectivity index (χ4v) is 2.63. The van der Waals surface area contributed by atoms with Crippen molar-refractivity contribution in [2.45, 2.75) is 0 Å². The van der Waals surface area contributed by atoms with Crippen molar-refractivity contribution in [3.8, 4) is 5.75 Å². The van der Waals surface area contributed by atoms with Crippen molar-refractivity contribution >= 4 is 50.5 Å². The van der Waals surface area contributed by atoms with Gasteiger partial charge in [0.15, 0.2) is 6.61 Å². The highest BCUT2D eigenvalue weighted by atomic mass is 35.5. The van der Waals surface area contributed by atoms with Crippen LogP contribution in [0.5, 0.6) is 5.75 Å². The van der Waals surface area contributed by atoms with Crippen molar-refractivity contribution in [2.24, 2.45) is 0 Å². The van der Waals surface area contributed by atoms with Gasteiger partial charge >= 0.3 is 0 Å². The molecule has 2 N–H and O–H groups in total. The SMILES string of the molecule is CS(=O)(=O)Nc1cccc(NC(=O)COc2ccc(Cl)c(Cl)c2)c1. The van der Waals surface area contributed by atoms with E-state index in [1.54, 1.807) is 30.3 Å². The minimum absolute atomic E-state index is 0.234. The van der Waals surface area contributed by atoms with Crippen molar-refractivity contribution in [3.05, 3.63) is 52.5 Å². The van der Waals surface area contributed by atoms with Gasteiger partial charge in [0.2, 0.25) is 10.0 Å². The van der Waals surface area contributed by atoms with Gasteiger partial charge < -0.3 is 10.1 Å². The average molecular weight is 389 g/mol. The minimum atomic E-state index is -3.39. The molecule has 0 fully saturated rings. The van der Waals surface area contributed by atoms with E-state index in [9.17, 15) is 13.2 Å². The predicted octanol–water partition coefficient (Wildman–Crippen LogP) is 3.38. The third kappa shape index (κ3) is 5.92. The van der Waals surface area contributed by atoms with Gasteiger partial charge in [0.1, 0.15) is 5.75 Å². The summed E-state index contributed by atoms with van der Waals surface area (Å²) in [7, 11) is -3.39. The molecule has 0 saturated carbocycles. The molecule has 0 aromatic heterocycles. The Bertz CT molecular complexity index is 856. The van der Waals surface area contributed by atoms with Crippen LogP contribution in [0.1, 0.15) is 0 Å².